The quantitative estimate of drug-likeness (QED) is 0.910. The van der Waals surface area contributed by atoms with Gasteiger partial charge in [-0.15, -0.1) is 0 Å². The molecule has 1 atom stereocenters. The van der Waals surface area contributed by atoms with E-state index in [0.29, 0.717) is 0 Å². The molecule has 1 unspecified atom stereocenters. The number of rotatable bonds is 4. The van der Waals surface area contributed by atoms with E-state index in [1.165, 1.54) is 61.3 Å². The van der Waals surface area contributed by atoms with Gasteiger partial charge in [-0.25, -0.2) is 0 Å². The number of nitrogens with zero attached hydrogens (tertiary/aromatic N) is 1. The minimum Gasteiger partial charge on any atom is -0.374 e. The number of aryl methyl sites for hydroxylation is 1. The van der Waals surface area contributed by atoms with E-state index in [4.69, 9.17) is 0 Å². The van der Waals surface area contributed by atoms with Crippen molar-refractivity contribution in [1.29, 1.82) is 0 Å². The van der Waals surface area contributed by atoms with Crippen molar-refractivity contribution in [2.75, 3.05) is 30.8 Å². The van der Waals surface area contributed by atoms with Crippen molar-refractivity contribution >= 4 is 17.4 Å². The van der Waals surface area contributed by atoms with Crippen LogP contribution in [-0.4, -0.2) is 31.1 Å². The van der Waals surface area contributed by atoms with Gasteiger partial charge in [-0.3, -0.25) is 0 Å². The second-order valence-electron chi connectivity index (χ2n) is 5.75. The van der Waals surface area contributed by atoms with E-state index in [1.807, 2.05) is 0 Å². The van der Waals surface area contributed by atoms with Crippen LogP contribution in [-0.2, 0) is 13.0 Å². The smallest absolute Gasteiger partial charge is 0.0396 e. The summed E-state index contributed by atoms with van der Waals surface area (Å²) in [5, 5.41) is 4.48. The Morgan fingerprint density at radius 2 is 2.32 bits per heavy atom. The zero-order valence-corrected chi connectivity index (χ0v) is 12.6. The molecular weight excluding hydrogens is 252 g/mol. The summed E-state index contributed by atoms with van der Waals surface area (Å²) in [5.74, 6) is 1.36. The number of benzene rings is 1. The third kappa shape index (κ3) is 3.26. The molecule has 19 heavy (non-hydrogen) atoms. The monoisotopic (exact) mass is 276 g/mol. The van der Waals surface area contributed by atoms with Gasteiger partial charge in [0.25, 0.3) is 0 Å². The zero-order chi connectivity index (χ0) is 13.1. The summed E-state index contributed by atoms with van der Waals surface area (Å²) < 4.78 is 0. The lowest BCUT2D eigenvalue weighted by atomic mass is 9.99. The predicted molar refractivity (Wildman–Crippen MR) is 85.2 cm³/mol. The molecule has 0 radical (unpaired) electrons. The van der Waals surface area contributed by atoms with Crippen molar-refractivity contribution in [3.05, 3.63) is 29.3 Å². The maximum atomic E-state index is 3.63. The van der Waals surface area contributed by atoms with E-state index >= 15 is 0 Å². The normalized spacial score (nSPS) is 22.6. The molecule has 3 heteroatoms. The highest BCUT2D eigenvalue weighted by molar-refractivity contribution is 8.00. The lowest BCUT2D eigenvalue weighted by Gasteiger charge is -2.28. The Morgan fingerprint density at radius 3 is 3.16 bits per heavy atom. The minimum atomic E-state index is 0.851. The first-order valence-electron chi connectivity index (χ1n) is 7.48. The summed E-state index contributed by atoms with van der Waals surface area (Å²) in [6, 6.07) is 6.99. The molecule has 2 nitrogen and oxygen atoms in total. The van der Waals surface area contributed by atoms with Crippen molar-refractivity contribution in [2.24, 2.45) is 0 Å². The van der Waals surface area contributed by atoms with Crippen molar-refractivity contribution in [1.82, 2.24) is 5.32 Å². The van der Waals surface area contributed by atoms with E-state index in [2.05, 4.69) is 47.2 Å². The number of thioether (sulfide) groups is 1. The molecule has 1 saturated heterocycles. The molecule has 2 aliphatic rings. The van der Waals surface area contributed by atoms with Crippen LogP contribution in [0, 0.1) is 0 Å². The largest absolute Gasteiger partial charge is 0.374 e. The van der Waals surface area contributed by atoms with Gasteiger partial charge >= 0.3 is 0 Å². The first kappa shape index (κ1) is 13.3. The van der Waals surface area contributed by atoms with Gasteiger partial charge < -0.3 is 10.2 Å². The summed E-state index contributed by atoms with van der Waals surface area (Å²) in [6.07, 6.45) is 5.33. The summed E-state index contributed by atoms with van der Waals surface area (Å²) in [7, 11) is 2.20. The number of anilines is 1. The van der Waals surface area contributed by atoms with Crippen LogP contribution >= 0.6 is 11.8 Å². The van der Waals surface area contributed by atoms with Crippen LogP contribution < -0.4 is 10.2 Å². The van der Waals surface area contributed by atoms with Crippen LogP contribution in [0.3, 0.4) is 0 Å². The predicted octanol–water partition coefficient (Wildman–Crippen LogP) is 3.05. The molecule has 1 N–H and O–H groups in total. The standard InChI is InChI=1S/C16H24N2S/c1-18-8-2-4-14-10-13(6-7-16(14)18)11-17-12-15-5-3-9-19-15/h6-7,10,15,17H,2-5,8-9,11-12H2,1H3. The SMILES string of the molecule is CN1CCCc2cc(CNCC3CCCS3)ccc21. The Labute approximate surface area is 121 Å². The molecule has 2 aliphatic heterocycles. The molecule has 1 aromatic rings. The topological polar surface area (TPSA) is 15.3 Å². The second kappa shape index (κ2) is 6.19. The molecule has 3 rings (SSSR count). The number of nitrogens with one attached hydrogen (secondary N) is 1. The number of fused-ring (bicyclic) bond motifs is 1. The van der Waals surface area contributed by atoms with Crippen LogP contribution in [0.25, 0.3) is 0 Å². The van der Waals surface area contributed by atoms with Crippen molar-refractivity contribution in [3.63, 3.8) is 0 Å². The van der Waals surface area contributed by atoms with Crippen LogP contribution in [0.2, 0.25) is 0 Å². The first-order chi connectivity index (χ1) is 9.33. The van der Waals surface area contributed by atoms with Crippen molar-refractivity contribution in [3.8, 4) is 0 Å². The molecule has 1 aromatic carbocycles. The fourth-order valence-electron chi connectivity index (χ4n) is 3.13. The van der Waals surface area contributed by atoms with Crippen LogP contribution in [0.5, 0.6) is 0 Å². The lowest BCUT2D eigenvalue weighted by Crippen LogP contribution is -2.25. The van der Waals surface area contributed by atoms with E-state index in [0.717, 1.165) is 11.8 Å². The molecule has 104 valence electrons. The zero-order valence-electron chi connectivity index (χ0n) is 11.8. The average molecular weight is 276 g/mol. The van der Waals surface area contributed by atoms with Gasteiger partial charge in [0.1, 0.15) is 0 Å². The molecule has 0 spiro atoms. The van der Waals surface area contributed by atoms with Crippen LogP contribution in [0.1, 0.15) is 30.4 Å². The highest BCUT2D eigenvalue weighted by Gasteiger charge is 2.15. The van der Waals surface area contributed by atoms with Crippen molar-refractivity contribution in [2.45, 2.75) is 37.5 Å². The molecule has 0 bridgehead atoms. The van der Waals surface area contributed by atoms with Gasteiger partial charge in [0.2, 0.25) is 0 Å². The van der Waals surface area contributed by atoms with E-state index in [-0.39, 0.29) is 0 Å². The Bertz CT molecular complexity index is 427. The highest BCUT2D eigenvalue weighted by Crippen LogP contribution is 2.27. The molecule has 0 aliphatic carbocycles. The Balaban J connectivity index is 1.56. The first-order valence-corrected chi connectivity index (χ1v) is 8.53. The summed E-state index contributed by atoms with van der Waals surface area (Å²) >= 11 is 2.13. The highest BCUT2D eigenvalue weighted by atomic mass is 32.2. The summed E-state index contributed by atoms with van der Waals surface area (Å²) in [5.41, 5.74) is 4.40. The fourth-order valence-corrected chi connectivity index (χ4v) is 4.37. The molecular formula is C16H24N2S. The van der Waals surface area contributed by atoms with Gasteiger partial charge in [0.05, 0.1) is 0 Å². The summed E-state index contributed by atoms with van der Waals surface area (Å²) in [4.78, 5) is 2.38. The van der Waals surface area contributed by atoms with E-state index in [9.17, 15) is 0 Å². The Kier molecular flexibility index (Phi) is 4.34. The maximum Gasteiger partial charge on any atom is 0.0396 e. The Hall–Kier alpha value is -0.670. The van der Waals surface area contributed by atoms with E-state index < -0.39 is 0 Å². The van der Waals surface area contributed by atoms with Crippen molar-refractivity contribution < 1.29 is 0 Å². The fraction of sp³-hybridized carbons (Fsp3) is 0.625. The molecule has 2 heterocycles. The van der Waals surface area contributed by atoms with Gasteiger partial charge in [0, 0.05) is 37.6 Å². The maximum absolute atomic E-state index is 3.63. The minimum absolute atomic E-state index is 0.851. The van der Waals surface area contributed by atoms with Crippen LogP contribution in [0.15, 0.2) is 18.2 Å². The van der Waals surface area contributed by atoms with Gasteiger partial charge in [-0.1, -0.05) is 12.1 Å². The number of hydrogen-bond donors (Lipinski definition) is 1. The molecule has 1 fully saturated rings. The third-order valence-electron chi connectivity index (χ3n) is 4.22. The van der Waals surface area contributed by atoms with Crippen LogP contribution in [0.4, 0.5) is 5.69 Å². The van der Waals surface area contributed by atoms with Gasteiger partial charge in [-0.05, 0) is 48.6 Å². The van der Waals surface area contributed by atoms with E-state index in [1.54, 1.807) is 0 Å². The second-order valence-corrected chi connectivity index (χ2v) is 7.16. The Morgan fingerprint density at radius 1 is 1.37 bits per heavy atom. The molecule has 0 amide bonds. The summed E-state index contributed by atoms with van der Waals surface area (Å²) in [6.45, 7) is 3.39. The van der Waals surface area contributed by atoms with Gasteiger partial charge in [0.15, 0.2) is 0 Å². The lowest BCUT2D eigenvalue weighted by molar-refractivity contribution is 0.644. The molecule has 0 saturated carbocycles. The van der Waals surface area contributed by atoms with Gasteiger partial charge in [-0.2, -0.15) is 11.8 Å². The average Bonchev–Trinajstić information content (AvgIpc) is 2.92. The third-order valence-corrected chi connectivity index (χ3v) is 5.62. The number of hydrogen-bond acceptors (Lipinski definition) is 3. The molecule has 0 aromatic heterocycles.